The number of benzene rings is 2. The predicted octanol–water partition coefficient (Wildman–Crippen LogP) is 3.04. The zero-order chi connectivity index (χ0) is 21.1. The molecule has 0 saturated carbocycles. The van der Waals surface area contributed by atoms with Crippen LogP contribution in [0.15, 0.2) is 47.4 Å². The van der Waals surface area contributed by atoms with Gasteiger partial charge in [0.05, 0.1) is 12.6 Å². The fourth-order valence-electron chi connectivity index (χ4n) is 3.76. The number of hydrogen-bond acceptors (Lipinski definition) is 4. The molecular formula is C22H22FN3O3S. The second-order valence-corrected chi connectivity index (χ2v) is 8.40. The highest BCUT2D eigenvalue weighted by Crippen LogP contribution is 2.37. The van der Waals surface area contributed by atoms with Crippen molar-refractivity contribution in [3.8, 4) is 0 Å². The van der Waals surface area contributed by atoms with Crippen LogP contribution in [0.1, 0.15) is 41.2 Å². The summed E-state index contributed by atoms with van der Waals surface area (Å²) in [6.45, 7) is 0.525. The lowest BCUT2D eigenvalue weighted by Gasteiger charge is -2.26. The maximum Gasteiger partial charge on any atom is 0.251 e. The SMILES string of the molecule is O=C(CNC(=O)c1ccc(N2CCCC2=O)cc1)NC1CCSc2c(F)cccc21. The summed E-state index contributed by atoms with van der Waals surface area (Å²) in [6.07, 6.45) is 2.10. The molecule has 2 aliphatic heterocycles. The Labute approximate surface area is 178 Å². The van der Waals surface area contributed by atoms with Crippen molar-refractivity contribution in [2.24, 2.45) is 0 Å². The van der Waals surface area contributed by atoms with Crippen LogP contribution < -0.4 is 15.5 Å². The summed E-state index contributed by atoms with van der Waals surface area (Å²) in [5, 5.41) is 5.49. The molecule has 1 saturated heterocycles. The van der Waals surface area contributed by atoms with Crippen LogP contribution in [0.25, 0.3) is 0 Å². The molecule has 2 aromatic carbocycles. The van der Waals surface area contributed by atoms with Gasteiger partial charge in [-0.15, -0.1) is 11.8 Å². The second-order valence-electron chi connectivity index (χ2n) is 7.29. The van der Waals surface area contributed by atoms with Crippen molar-refractivity contribution < 1.29 is 18.8 Å². The fraction of sp³-hybridized carbons (Fsp3) is 0.318. The van der Waals surface area contributed by atoms with Gasteiger partial charge in [-0.2, -0.15) is 0 Å². The highest BCUT2D eigenvalue weighted by Gasteiger charge is 2.25. The summed E-state index contributed by atoms with van der Waals surface area (Å²) in [5.41, 5.74) is 1.96. The Kier molecular flexibility index (Phi) is 6.03. The van der Waals surface area contributed by atoms with Crippen LogP contribution >= 0.6 is 11.8 Å². The Morgan fingerprint density at radius 1 is 1.17 bits per heavy atom. The van der Waals surface area contributed by atoms with Gasteiger partial charge in [-0.25, -0.2) is 4.39 Å². The molecule has 1 atom stereocenters. The molecule has 3 amide bonds. The first-order valence-electron chi connectivity index (χ1n) is 9.92. The molecule has 0 bridgehead atoms. The van der Waals surface area contributed by atoms with Gasteiger partial charge in [0, 0.05) is 34.9 Å². The first-order valence-corrected chi connectivity index (χ1v) is 10.9. The van der Waals surface area contributed by atoms with Gasteiger partial charge >= 0.3 is 0 Å². The number of carbonyl (C=O) groups excluding carboxylic acids is 3. The Hall–Kier alpha value is -2.87. The van der Waals surface area contributed by atoms with E-state index in [9.17, 15) is 18.8 Å². The minimum Gasteiger partial charge on any atom is -0.348 e. The van der Waals surface area contributed by atoms with Crippen molar-refractivity contribution in [3.63, 3.8) is 0 Å². The van der Waals surface area contributed by atoms with E-state index < -0.39 is 0 Å². The van der Waals surface area contributed by atoms with E-state index in [1.54, 1.807) is 35.2 Å². The van der Waals surface area contributed by atoms with Crippen LogP contribution in [-0.2, 0) is 9.59 Å². The molecule has 2 heterocycles. The van der Waals surface area contributed by atoms with Crippen LogP contribution in [0.5, 0.6) is 0 Å². The topological polar surface area (TPSA) is 78.5 Å². The van der Waals surface area contributed by atoms with Crippen LogP contribution in [0.3, 0.4) is 0 Å². The Morgan fingerprint density at radius 2 is 1.97 bits per heavy atom. The summed E-state index contributed by atoms with van der Waals surface area (Å²) < 4.78 is 14.0. The molecule has 2 N–H and O–H groups in total. The van der Waals surface area contributed by atoms with Gasteiger partial charge in [0.1, 0.15) is 5.82 Å². The molecule has 8 heteroatoms. The first-order chi connectivity index (χ1) is 14.5. The Morgan fingerprint density at radius 3 is 2.70 bits per heavy atom. The number of hydrogen-bond donors (Lipinski definition) is 2. The minimum absolute atomic E-state index is 0.0893. The van der Waals surface area contributed by atoms with Gasteiger partial charge < -0.3 is 15.5 Å². The highest BCUT2D eigenvalue weighted by molar-refractivity contribution is 7.99. The van der Waals surface area contributed by atoms with Gasteiger partial charge in [0.15, 0.2) is 0 Å². The predicted molar refractivity (Wildman–Crippen MR) is 113 cm³/mol. The maximum atomic E-state index is 14.0. The van der Waals surface area contributed by atoms with E-state index in [-0.39, 0.29) is 36.1 Å². The molecule has 0 aromatic heterocycles. The van der Waals surface area contributed by atoms with Gasteiger partial charge in [-0.1, -0.05) is 12.1 Å². The van der Waals surface area contributed by atoms with Crippen molar-refractivity contribution in [1.82, 2.24) is 10.6 Å². The van der Waals surface area contributed by atoms with E-state index in [1.807, 2.05) is 6.07 Å². The average Bonchev–Trinajstić information content (AvgIpc) is 3.19. The van der Waals surface area contributed by atoms with Crippen LogP contribution in [-0.4, -0.2) is 36.6 Å². The number of nitrogens with one attached hydrogen (secondary N) is 2. The number of anilines is 1. The number of nitrogens with zero attached hydrogens (tertiary/aromatic N) is 1. The number of thioether (sulfide) groups is 1. The third kappa shape index (κ3) is 4.33. The number of carbonyl (C=O) groups is 3. The third-order valence-corrected chi connectivity index (χ3v) is 6.44. The van der Waals surface area contributed by atoms with Gasteiger partial charge in [-0.05, 0) is 48.7 Å². The normalized spacial score (nSPS) is 18.1. The summed E-state index contributed by atoms with van der Waals surface area (Å²) in [7, 11) is 0. The summed E-state index contributed by atoms with van der Waals surface area (Å²) in [5.74, 6) is -0.156. The lowest BCUT2D eigenvalue weighted by Crippen LogP contribution is -2.39. The number of amides is 3. The summed E-state index contributed by atoms with van der Waals surface area (Å²) >= 11 is 1.45. The van der Waals surface area contributed by atoms with Crippen molar-refractivity contribution in [2.75, 3.05) is 23.7 Å². The molecule has 6 nitrogen and oxygen atoms in total. The maximum absolute atomic E-state index is 14.0. The van der Waals surface area contributed by atoms with Crippen molar-refractivity contribution in [1.29, 1.82) is 0 Å². The molecular weight excluding hydrogens is 405 g/mol. The van der Waals surface area contributed by atoms with Crippen molar-refractivity contribution in [3.05, 3.63) is 59.4 Å². The fourth-order valence-corrected chi connectivity index (χ4v) is 4.90. The van der Waals surface area contributed by atoms with E-state index in [4.69, 9.17) is 0 Å². The highest BCUT2D eigenvalue weighted by atomic mass is 32.2. The second kappa shape index (κ2) is 8.87. The van der Waals surface area contributed by atoms with Gasteiger partial charge in [0.25, 0.3) is 5.91 Å². The van der Waals surface area contributed by atoms with Crippen molar-refractivity contribution >= 4 is 35.2 Å². The first kappa shape index (κ1) is 20.4. The van der Waals surface area contributed by atoms with Gasteiger partial charge in [-0.3, -0.25) is 14.4 Å². The number of fused-ring (bicyclic) bond motifs is 1. The summed E-state index contributed by atoms with van der Waals surface area (Å²) in [6, 6.07) is 11.4. The molecule has 0 aliphatic carbocycles. The molecule has 2 aromatic rings. The molecule has 0 spiro atoms. The molecule has 156 valence electrons. The van der Waals surface area contributed by atoms with E-state index >= 15 is 0 Å². The van der Waals surface area contributed by atoms with E-state index in [2.05, 4.69) is 10.6 Å². The Balaban J connectivity index is 1.32. The van der Waals surface area contributed by atoms with E-state index in [1.165, 1.54) is 17.8 Å². The lowest BCUT2D eigenvalue weighted by molar-refractivity contribution is -0.121. The monoisotopic (exact) mass is 427 g/mol. The number of rotatable bonds is 5. The average molecular weight is 428 g/mol. The Bertz CT molecular complexity index is 980. The lowest BCUT2D eigenvalue weighted by atomic mass is 10.0. The van der Waals surface area contributed by atoms with Crippen molar-refractivity contribution in [2.45, 2.75) is 30.2 Å². The van der Waals surface area contributed by atoms with Crippen LogP contribution in [0.2, 0.25) is 0 Å². The molecule has 1 unspecified atom stereocenters. The van der Waals surface area contributed by atoms with Crippen LogP contribution in [0, 0.1) is 5.82 Å². The summed E-state index contributed by atoms with van der Waals surface area (Å²) in [4.78, 5) is 38.8. The smallest absolute Gasteiger partial charge is 0.251 e. The van der Waals surface area contributed by atoms with Gasteiger partial charge in [0.2, 0.25) is 11.8 Å². The molecule has 30 heavy (non-hydrogen) atoms. The molecule has 2 aliphatic rings. The zero-order valence-corrected chi connectivity index (χ0v) is 17.1. The number of halogens is 1. The quantitative estimate of drug-likeness (QED) is 0.769. The third-order valence-electron chi connectivity index (χ3n) is 5.29. The van der Waals surface area contributed by atoms with E-state index in [0.717, 1.165) is 23.4 Å². The van der Waals surface area contributed by atoms with E-state index in [0.29, 0.717) is 29.8 Å². The molecule has 4 rings (SSSR count). The molecule has 0 radical (unpaired) electrons. The standard InChI is InChI=1S/C22H22FN3O3S/c23-17-4-1-3-16-18(10-12-30-21(16)17)25-19(27)13-24-22(29)14-6-8-15(9-7-14)26-11-2-5-20(26)28/h1,3-4,6-9,18H,2,5,10-13H2,(H,24,29)(H,25,27). The minimum atomic E-state index is -0.366. The largest absolute Gasteiger partial charge is 0.348 e. The van der Waals surface area contributed by atoms with Crippen LogP contribution in [0.4, 0.5) is 10.1 Å². The molecule has 1 fully saturated rings. The zero-order valence-electron chi connectivity index (χ0n) is 16.3.